The first-order valence-electron chi connectivity index (χ1n) is 6.76. The van der Waals surface area contributed by atoms with Crippen molar-refractivity contribution in [1.82, 2.24) is 15.1 Å². The first-order chi connectivity index (χ1) is 9.60. The van der Waals surface area contributed by atoms with Crippen LogP contribution in [-0.4, -0.2) is 16.3 Å². The number of nitrogens with one attached hydrogen (secondary N) is 1. The van der Waals surface area contributed by atoms with Crippen LogP contribution < -0.4 is 5.32 Å². The Kier molecular flexibility index (Phi) is 5.64. The van der Waals surface area contributed by atoms with E-state index in [0.29, 0.717) is 6.04 Å². The second-order valence-electron chi connectivity index (χ2n) is 4.84. The lowest BCUT2D eigenvalue weighted by Crippen LogP contribution is -2.21. The van der Waals surface area contributed by atoms with E-state index in [1.54, 1.807) is 0 Å². The molecule has 3 nitrogen and oxygen atoms in total. The Hall–Kier alpha value is -0.840. The molecule has 108 valence electrons. The van der Waals surface area contributed by atoms with Crippen molar-refractivity contribution in [2.45, 2.75) is 25.8 Å². The van der Waals surface area contributed by atoms with Gasteiger partial charge in [-0.05, 0) is 42.6 Å². The maximum atomic E-state index is 6.01. The number of aromatic nitrogens is 2. The highest BCUT2D eigenvalue weighted by Gasteiger charge is 2.14. The molecule has 1 heterocycles. The fourth-order valence-corrected chi connectivity index (χ4v) is 3.27. The average molecular weight is 357 g/mol. The van der Waals surface area contributed by atoms with Crippen LogP contribution >= 0.6 is 27.5 Å². The summed E-state index contributed by atoms with van der Waals surface area (Å²) in [7, 11) is 1.95. The summed E-state index contributed by atoms with van der Waals surface area (Å²) < 4.78 is 2.90. The van der Waals surface area contributed by atoms with Gasteiger partial charge < -0.3 is 5.32 Å². The molecule has 0 aliphatic rings. The van der Waals surface area contributed by atoms with Gasteiger partial charge in [0.05, 0.1) is 6.20 Å². The molecule has 1 unspecified atom stereocenters. The van der Waals surface area contributed by atoms with Gasteiger partial charge >= 0.3 is 0 Å². The fourth-order valence-electron chi connectivity index (χ4n) is 2.31. The van der Waals surface area contributed by atoms with Crippen LogP contribution in [0.4, 0.5) is 0 Å². The monoisotopic (exact) mass is 355 g/mol. The molecular weight excluding hydrogens is 338 g/mol. The van der Waals surface area contributed by atoms with E-state index >= 15 is 0 Å². The zero-order chi connectivity index (χ0) is 14.5. The van der Waals surface area contributed by atoms with Gasteiger partial charge in [0, 0.05) is 28.8 Å². The lowest BCUT2D eigenvalue weighted by molar-refractivity contribution is 0.513. The third-order valence-corrected chi connectivity index (χ3v) is 4.19. The van der Waals surface area contributed by atoms with Crippen molar-refractivity contribution in [2.75, 3.05) is 6.54 Å². The van der Waals surface area contributed by atoms with Crippen molar-refractivity contribution in [3.05, 3.63) is 51.2 Å². The summed E-state index contributed by atoms with van der Waals surface area (Å²) in [6.07, 6.45) is 6.03. The smallest absolute Gasteiger partial charge is 0.0521 e. The highest BCUT2D eigenvalue weighted by Crippen LogP contribution is 2.29. The summed E-state index contributed by atoms with van der Waals surface area (Å²) in [5, 5.41) is 8.50. The van der Waals surface area contributed by atoms with Gasteiger partial charge in [0.2, 0.25) is 0 Å². The quantitative estimate of drug-likeness (QED) is 0.844. The lowest BCUT2D eigenvalue weighted by Gasteiger charge is -2.19. The van der Waals surface area contributed by atoms with Crippen molar-refractivity contribution in [1.29, 1.82) is 0 Å². The molecule has 0 saturated carbocycles. The zero-order valence-electron chi connectivity index (χ0n) is 11.7. The van der Waals surface area contributed by atoms with Gasteiger partial charge in [-0.15, -0.1) is 0 Å². The largest absolute Gasteiger partial charge is 0.310 e. The molecule has 1 aromatic heterocycles. The number of nitrogens with zero attached hydrogens (tertiary/aromatic N) is 2. The molecule has 0 saturated heterocycles. The summed E-state index contributed by atoms with van der Waals surface area (Å²) in [4.78, 5) is 0. The Bertz CT molecular complexity index is 568. The maximum absolute atomic E-state index is 6.01. The maximum Gasteiger partial charge on any atom is 0.0521 e. The molecule has 2 aromatic rings. The first kappa shape index (κ1) is 15.5. The second-order valence-corrected chi connectivity index (χ2v) is 6.13. The molecule has 0 amide bonds. The van der Waals surface area contributed by atoms with E-state index in [1.807, 2.05) is 30.1 Å². The molecule has 1 aromatic carbocycles. The van der Waals surface area contributed by atoms with Crippen LogP contribution in [-0.2, 0) is 13.5 Å². The van der Waals surface area contributed by atoms with Crippen LogP contribution in [0.1, 0.15) is 30.5 Å². The number of hydrogen-bond acceptors (Lipinski definition) is 2. The van der Waals surface area contributed by atoms with Crippen LogP contribution in [0.2, 0.25) is 5.02 Å². The van der Waals surface area contributed by atoms with Crippen molar-refractivity contribution >= 4 is 27.5 Å². The van der Waals surface area contributed by atoms with E-state index in [-0.39, 0.29) is 0 Å². The van der Waals surface area contributed by atoms with Gasteiger partial charge in [-0.1, -0.05) is 40.5 Å². The van der Waals surface area contributed by atoms with E-state index in [9.17, 15) is 0 Å². The van der Waals surface area contributed by atoms with Gasteiger partial charge in [-0.3, -0.25) is 4.68 Å². The molecule has 0 radical (unpaired) electrons. The minimum absolute atomic E-state index is 0.312. The van der Waals surface area contributed by atoms with Gasteiger partial charge in [0.25, 0.3) is 0 Å². The third kappa shape index (κ3) is 4.08. The fraction of sp³-hybridized carbons (Fsp3) is 0.400. The van der Waals surface area contributed by atoms with Crippen molar-refractivity contribution < 1.29 is 0 Å². The molecule has 1 atom stereocenters. The van der Waals surface area contributed by atoms with Crippen molar-refractivity contribution in [3.8, 4) is 0 Å². The molecule has 2 rings (SSSR count). The Balaban J connectivity index is 2.09. The summed E-state index contributed by atoms with van der Waals surface area (Å²) in [5.41, 5.74) is 2.51. The van der Waals surface area contributed by atoms with Crippen molar-refractivity contribution in [3.63, 3.8) is 0 Å². The SMILES string of the molecule is CCNC(CCc1cnn(C)c1)c1ccc(Cl)cc1Br. The molecular formula is C15H19BrClN3. The topological polar surface area (TPSA) is 29.9 Å². The highest BCUT2D eigenvalue weighted by molar-refractivity contribution is 9.10. The van der Waals surface area contributed by atoms with Crippen LogP contribution in [0.25, 0.3) is 0 Å². The van der Waals surface area contributed by atoms with Crippen LogP contribution in [0.3, 0.4) is 0 Å². The number of hydrogen-bond donors (Lipinski definition) is 1. The Morgan fingerprint density at radius 2 is 2.25 bits per heavy atom. The Morgan fingerprint density at radius 1 is 1.45 bits per heavy atom. The third-order valence-electron chi connectivity index (χ3n) is 3.27. The predicted octanol–water partition coefficient (Wildman–Crippen LogP) is 4.12. The van der Waals surface area contributed by atoms with Crippen molar-refractivity contribution in [2.24, 2.45) is 7.05 Å². The van der Waals surface area contributed by atoms with E-state index in [1.165, 1.54) is 11.1 Å². The average Bonchev–Trinajstić information content (AvgIpc) is 2.81. The molecule has 0 aliphatic carbocycles. The minimum atomic E-state index is 0.312. The highest BCUT2D eigenvalue weighted by atomic mass is 79.9. The van der Waals surface area contributed by atoms with Gasteiger partial charge in [0.15, 0.2) is 0 Å². The molecule has 1 N–H and O–H groups in total. The van der Waals surface area contributed by atoms with Crippen LogP contribution in [0.5, 0.6) is 0 Å². The second kappa shape index (κ2) is 7.25. The van der Waals surface area contributed by atoms with Gasteiger partial charge in [0.1, 0.15) is 0 Å². The van der Waals surface area contributed by atoms with Crippen LogP contribution in [0.15, 0.2) is 35.1 Å². The summed E-state index contributed by atoms with van der Waals surface area (Å²) >= 11 is 9.62. The number of rotatable bonds is 6. The molecule has 5 heteroatoms. The summed E-state index contributed by atoms with van der Waals surface area (Å²) in [5.74, 6) is 0. The molecule has 20 heavy (non-hydrogen) atoms. The predicted molar refractivity (Wildman–Crippen MR) is 87.1 cm³/mol. The first-order valence-corrected chi connectivity index (χ1v) is 7.93. The standard InChI is InChI=1S/C15H19BrClN3/c1-3-18-15(7-4-11-9-19-20(2)10-11)13-6-5-12(17)8-14(13)16/h5-6,8-10,15,18H,3-4,7H2,1-2H3. The van der Waals surface area contributed by atoms with E-state index in [2.05, 4.69) is 45.5 Å². The number of aryl methyl sites for hydroxylation is 2. The van der Waals surface area contributed by atoms with E-state index in [0.717, 1.165) is 28.9 Å². The molecule has 0 spiro atoms. The normalized spacial score (nSPS) is 12.6. The van der Waals surface area contributed by atoms with Gasteiger partial charge in [-0.2, -0.15) is 5.10 Å². The molecule has 0 aliphatic heterocycles. The van der Waals surface area contributed by atoms with E-state index < -0.39 is 0 Å². The Morgan fingerprint density at radius 3 is 2.85 bits per heavy atom. The minimum Gasteiger partial charge on any atom is -0.310 e. The zero-order valence-corrected chi connectivity index (χ0v) is 14.1. The summed E-state index contributed by atoms with van der Waals surface area (Å²) in [6, 6.07) is 6.29. The number of halogens is 2. The Labute approximate surface area is 133 Å². The summed E-state index contributed by atoms with van der Waals surface area (Å²) in [6.45, 7) is 3.06. The van der Waals surface area contributed by atoms with E-state index in [4.69, 9.17) is 11.6 Å². The van der Waals surface area contributed by atoms with Crippen LogP contribution in [0, 0.1) is 0 Å². The molecule has 0 bridgehead atoms. The number of benzene rings is 1. The molecule has 0 fully saturated rings. The lowest BCUT2D eigenvalue weighted by atomic mass is 10.00. The van der Waals surface area contributed by atoms with Gasteiger partial charge in [-0.25, -0.2) is 0 Å².